The molecular formula is C24H29N3O2. The van der Waals surface area contributed by atoms with Gasteiger partial charge >= 0.3 is 0 Å². The van der Waals surface area contributed by atoms with E-state index in [-0.39, 0.29) is 11.9 Å². The number of carbonyl (C=O) groups excluding carboxylic acids is 1. The number of hydrogen-bond donors (Lipinski definition) is 2. The van der Waals surface area contributed by atoms with Crippen LogP contribution in [0, 0.1) is 6.92 Å². The van der Waals surface area contributed by atoms with Gasteiger partial charge in [0.1, 0.15) is 5.75 Å². The third kappa shape index (κ3) is 4.46. The molecule has 5 nitrogen and oxygen atoms in total. The molecule has 0 radical (unpaired) electrons. The number of nitrogens with one attached hydrogen (secondary N) is 2. The summed E-state index contributed by atoms with van der Waals surface area (Å²) < 4.78 is 5.15. The van der Waals surface area contributed by atoms with Crippen molar-refractivity contribution in [2.24, 2.45) is 0 Å². The van der Waals surface area contributed by atoms with Crippen LogP contribution in [-0.2, 0) is 6.42 Å². The highest BCUT2D eigenvalue weighted by Crippen LogP contribution is 2.23. The summed E-state index contributed by atoms with van der Waals surface area (Å²) in [4.78, 5) is 18.5. The van der Waals surface area contributed by atoms with Crippen molar-refractivity contribution in [3.05, 3.63) is 65.4 Å². The molecule has 1 aromatic heterocycles. The van der Waals surface area contributed by atoms with Gasteiger partial charge in [-0.2, -0.15) is 0 Å². The topological polar surface area (TPSA) is 57.4 Å². The molecule has 0 aliphatic carbocycles. The van der Waals surface area contributed by atoms with Gasteiger partial charge in [0.2, 0.25) is 0 Å². The van der Waals surface area contributed by atoms with Crippen LogP contribution in [0.15, 0.2) is 48.5 Å². The van der Waals surface area contributed by atoms with Gasteiger partial charge in [0.05, 0.1) is 7.11 Å². The Balaban J connectivity index is 1.27. The molecule has 2 heterocycles. The van der Waals surface area contributed by atoms with Crippen LogP contribution in [0.1, 0.15) is 34.5 Å². The SMILES string of the molecule is COc1ccc(C(=O)NC2CCN(CCc3c(C)[nH]c4ccccc34)CC2)cc1. The van der Waals surface area contributed by atoms with Crippen molar-refractivity contribution in [1.82, 2.24) is 15.2 Å². The van der Waals surface area contributed by atoms with Gasteiger partial charge < -0.3 is 19.9 Å². The lowest BCUT2D eigenvalue weighted by Crippen LogP contribution is -2.45. The number of rotatable bonds is 6. The van der Waals surface area contributed by atoms with Crippen molar-refractivity contribution in [3.8, 4) is 5.75 Å². The van der Waals surface area contributed by atoms with E-state index in [9.17, 15) is 4.79 Å². The van der Waals surface area contributed by atoms with Crippen LogP contribution in [-0.4, -0.2) is 48.6 Å². The lowest BCUT2D eigenvalue weighted by Gasteiger charge is -2.32. The molecule has 1 aliphatic rings. The Hall–Kier alpha value is -2.79. The van der Waals surface area contributed by atoms with Crippen molar-refractivity contribution < 1.29 is 9.53 Å². The highest BCUT2D eigenvalue weighted by molar-refractivity contribution is 5.94. The molecule has 0 atom stereocenters. The molecule has 0 bridgehead atoms. The summed E-state index contributed by atoms with van der Waals surface area (Å²) in [6.45, 7) is 5.27. The Morgan fingerprint density at radius 1 is 1.14 bits per heavy atom. The number of methoxy groups -OCH3 is 1. The average Bonchev–Trinajstić information content (AvgIpc) is 3.08. The number of nitrogens with zero attached hydrogens (tertiary/aromatic N) is 1. The minimum absolute atomic E-state index is 0.000482. The average molecular weight is 392 g/mol. The van der Waals surface area contributed by atoms with Crippen molar-refractivity contribution in [3.63, 3.8) is 0 Å². The molecule has 29 heavy (non-hydrogen) atoms. The molecule has 0 unspecified atom stereocenters. The fraction of sp³-hybridized carbons (Fsp3) is 0.375. The first-order valence-electron chi connectivity index (χ1n) is 10.4. The van der Waals surface area contributed by atoms with Gasteiger partial charge in [-0.05, 0) is 62.1 Å². The number of carbonyl (C=O) groups is 1. The number of H-pyrrole nitrogens is 1. The highest BCUT2D eigenvalue weighted by atomic mass is 16.5. The molecule has 0 spiro atoms. The lowest BCUT2D eigenvalue weighted by atomic mass is 10.0. The fourth-order valence-electron chi connectivity index (χ4n) is 4.24. The number of likely N-dealkylation sites (tertiary alicyclic amines) is 1. The zero-order valence-corrected chi connectivity index (χ0v) is 17.2. The van der Waals surface area contributed by atoms with Crippen LogP contribution in [0.4, 0.5) is 0 Å². The van der Waals surface area contributed by atoms with Gasteiger partial charge in [-0.1, -0.05) is 18.2 Å². The maximum absolute atomic E-state index is 12.5. The van der Waals surface area contributed by atoms with E-state index in [2.05, 4.69) is 46.4 Å². The van der Waals surface area contributed by atoms with Gasteiger partial charge in [0.15, 0.2) is 0 Å². The molecule has 3 aromatic rings. The first kappa shape index (κ1) is 19.5. The van der Waals surface area contributed by atoms with Gasteiger partial charge in [-0.25, -0.2) is 0 Å². The van der Waals surface area contributed by atoms with E-state index in [0.717, 1.165) is 44.6 Å². The second kappa shape index (κ2) is 8.70. The molecular weight excluding hydrogens is 362 g/mol. The lowest BCUT2D eigenvalue weighted by molar-refractivity contribution is 0.0911. The number of amides is 1. The summed E-state index contributed by atoms with van der Waals surface area (Å²) in [6.07, 6.45) is 3.04. The maximum Gasteiger partial charge on any atom is 0.251 e. The first-order valence-corrected chi connectivity index (χ1v) is 10.4. The van der Waals surface area contributed by atoms with Crippen molar-refractivity contribution in [1.29, 1.82) is 0 Å². The number of piperidine rings is 1. The summed E-state index contributed by atoms with van der Waals surface area (Å²) in [7, 11) is 1.63. The number of aromatic amines is 1. The minimum atomic E-state index is 0.000482. The number of hydrogen-bond acceptors (Lipinski definition) is 3. The van der Waals surface area contributed by atoms with Gasteiger partial charge in [0, 0.05) is 47.8 Å². The molecule has 2 N–H and O–H groups in total. The molecule has 0 saturated carbocycles. The number of aromatic nitrogens is 1. The Morgan fingerprint density at radius 2 is 1.86 bits per heavy atom. The molecule has 5 heteroatoms. The monoisotopic (exact) mass is 391 g/mol. The van der Waals surface area contributed by atoms with E-state index in [0.29, 0.717) is 5.56 Å². The van der Waals surface area contributed by atoms with Gasteiger partial charge in [-0.3, -0.25) is 4.79 Å². The van der Waals surface area contributed by atoms with Crippen molar-refractivity contribution >= 4 is 16.8 Å². The predicted octanol–water partition coefficient (Wildman–Crippen LogP) is 3.92. The zero-order chi connectivity index (χ0) is 20.2. The Bertz CT molecular complexity index is 969. The summed E-state index contributed by atoms with van der Waals surface area (Å²) in [5.41, 5.74) is 4.60. The molecule has 1 fully saturated rings. The van der Waals surface area contributed by atoms with Crippen molar-refractivity contribution in [2.75, 3.05) is 26.7 Å². The van der Waals surface area contributed by atoms with Crippen molar-refractivity contribution in [2.45, 2.75) is 32.2 Å². The van der Waals surface area contributed by atoms with E-state index in [1.165, 1.54) is 22.2 Å². The first-order chi connectivity index (χ1) is 14.1. The zero-order valence-electron chi connectivity index (χ0n) is 17.2. The summed E-state index contributed by atoms with van der Waals surface area (Å²) in [5, 5.41) is 4.52. The largest absolute Gasteiger partial charge is 0.497 e. The third-order valence-corrected chi connectivity index (χ3v) is 5.98. The minimum Gasteiger partial charge on any atom is -0.497 e. The second-order valence-corrected chi connectivity index (χ2v) is 7.84. The number of benzene rings is 2. The van der Waals surface area contributed by atoms with Crippen LogP contribution in [0.3, 0.4) is 0 Å². The predicted molar refractivity (Wildman–Crippen MR) is 117 cm³/mol. The second-order valence-electron chi connectivity index (χ2n) is 7.84. The number of ether oxygens (including phenoxy) is 1. The van der Waals surface area contributed by atoms with Crippen LogP contribution < -0.4 is 10.1 Å². The molecule has 1 amide bonds. The van der Waals surface area contributed by atoms with E-state index in [4.69, 9.17) is 4.74 Å². The van der Waals surface area contributed by atoms with Crippen LogP contribution in [0.25, 0.3) is 10.9 Å². The number of fused-ring (bicyclic) bond motifs is 1. The van der Waals surface area contributed by atoms with Crippen LogP contribution in [0.5, 0.6) is 5.75 Å². The van der Waals surface area contributed by atoms with Gasteiger partial charge in [0.25, 0.3) is 5.91 Å². The molecule has 152 valence electrons. The fourth-order valence-corrected chi connectivity index (χ4v) is 4.24. The molecule has 2 aromatic carbocycles. The van der Waals surface area contributed by atoms with E-state index in [1.54, 1.807) is 7.11 Å². The number of para-hydroxylation sites is 1. The Morgan fingerprint density at radius 3 is 2.59 bits per heavy atom. The van der Waals surface area contributed by atoms with Gasteiger partial charge in [-0.15, -0.1) is 0 Å². The number of aryl methyl sites for hydroxylation is 1. The van der Waals surface area contributed by atoms with Crippen LogP contribution >= 0.6 is 0 Å². The van der Waals surface area contributed by atoms with E-state index in [1.807, 2.05) is 24.3 Å². The summed E-state index contributed by atoms with van der Waals surface area (Å²) >= 11 is 0. The Labute approximate surface area is 172 Å². The standard InChI is InChI=1S/C24H29N3O2/c1-17-21(22-5-3-4-6-23(22)25-17)13-16-27-14-11-19(12-15-27)26-24(28)18-7-9-20(29-2)10-8-18/h3-10,19,25H,11-16H2,1-2H3,(H,26,28). The molecule has 1 aliphatic heterocycles. The molecule has 1 saturated heterocycles. The smallest absolute Gasteiger partial charge is 0.251 e. The highest BCUT2D eigenvalue weighted by Gasteiger charge is 2.21. The van der Waals surface area contributed by atoms with E-state index >= 15 is 0 Å². The maximum atomic E-state index is 12.5. The quantitative estimate of drug-likeness (QED) is 0.670. The molecule has 4 rings (SSSR count). The Kier molecular flexibility index (Phi) is 5.86. The summed E-state index contributed by atoms with van der Waals surface area (Å²) in [6, 6.07) is 16.0. The van der Waals surface area contributed by atoms with Crippen LogP contribution in [0.2, 0.25) is 0 Å². The third-order valence-electron chi connectivity index (χ3n) is 5.98. The van der Waals surface area contributed by atoms with E-state index < -0.39 is 0 Å². The summed E-state index contributed by atoms with van der Waals surface area (Å²) in [5.74, 6) is 0.765. The normalized spacial score (nSPS) is 15.5.